The number of carbonyl (C=O) groups excluding carboxylic acids is 1. The molecule has 1 amide bonds. The van der Waals surface area contributed by atoms with Crippen molar-refractivity contribution in [3.63, 3.8) is 0 Å². The van der Waals surface area contributed by atoms with Crippen LogP contribution in [0.3, 0.4) is 0 Å². The topological polar surface area (TPSA) is 77.3 Å². The monoisotopic (exact) mass is 258 g/mol. The number of hydrogen-bond acceptors (Lipinski definition) is 3. The van der Waals surface area contributed by atoms with Gasteiger partial charge in [0, 0.05) is 17.0 Å². The number of nitrogens with two attached hydrogens (primary N) is 1. The summed E-state index contributed by atoms with van der Waals surface area (Å²) >= 11 is 0. The van der Waals surface area contributed by atoms with E-state index in [9.17, 15) is 4.79 Å². The van der Waals surface area contributed by atoms with Crippen LogP contribution in [0.15, 0.2) is 18.2 Å². The van der Waals surface area contributed by atoms with Gasteiger partial charge >= 0.3 is 0 Å². The van der Waals surface area contributed by atoms with E-state index in [-0.39, 0.29) is 6.79 Å². The third-order valence-electron chi connectivity index (χ3n) is 3.29. The molecule has 19 heavy (non-hydrogen) atoms. The van der Waals surface area contributed by atoms with Gasteiger partial charge in [0.1, 0.15) is 0 Å². The second-order valence-electron chi connectivity index (χ2n) is 4.61. The van der Waals surface area contributed by atoms with Crippen LogP contribution < -0.4 is 15.2 Å². The molecule has 1 aromatic heterocycles. The Morgan fingerprint density at radius 1 is 1.21 bits per heavy atom. The van der Waals surface area contributed by atoms with Crippen molar-refractivity contribution < 1.29 is 14.3 Å². The van der Waals surface area contributed by atoms with Crippen LogP contribution in [-0.2, 0) is 0 Å². The fraction of sp³-hybridized carbons (Fsp3) is 0.214. The molecule has 0 saturated heterocycles. The first-order valence-corrected chi connectivity index (χ1v) is 5.96. The van der Waals surface area contributed by atoms with Gasteiger partial charge in [0.2, 0.25) is 6.79 Å². The maximum absolute atomic E-state index is 11.3. The average molecular weight is 258 g/mol. The molecule has 2 heterocycles. The van der Waals surface area contributed by atoms with Gasteiger partial charge in [0.05, 0.1) is 5.56 Å². The van der Waals surface area contributed by atoms with Crippen molar-refractivity contribution in [3.05, 3.63) is 35.0 Å². The minimum atomic E-state index is -0.432. The summed E-state index contributed by atoms with van der Waals surface area (Å²) in [6, 6.07) is 5.60. The number of aromatic amines is 1. The number of aromatic nitrogens is 1. The Morgan fingerprint density at radius 2 is 1.89 bits per heavy atom. The molecule has 0 bridgehead atoms. The van der Waals surface area contributed by atoms with Gasteiger partial charge in [-0.1, -0.05) is 0 Å². The Hall–Kier alpha value is -2.43. The molecule has 3 N–H and O–H groups in total. The minimum Gasteiger partial charge on any atom is -0.454 e. The van der Waals surface area contributed by atoms with Gasteiger partial charge in [0.15, 0.2) is 11.5 Å². The van der Waals surface area contributed by atoms with Gasteiger partial charge in [-0.2, -0.15) is 0 Å². The zero-order valence-corrected chi connectivity index (χ0v) is 10.7. The predicted molar refractivity (Wildman–Crippen MR) is 70.3 cm³/mol. The number of nitrogens with one attached hydrogen (secondary N) is 1. The van der Waals surface area contributed by atoms with Crippen LogP contribution in [0, 0.1) is 13.8 Å². The van der Waals surface area contributed by atoms with Gasteiger partial charge in [-0.15, -0.1) is 0 Å². The van der Waals surface area contributed by atoms with Gasteiger partial charge in [-0.3, -0.25) is 4.79 Å². The summed E-state index contributed by atoms with van der Waals surface area (Å²) in [6.07, 6.45) is 0. The number of aryl methyl sites for hydroxylation is 2. The first-order chi connectivity index (χ1) is 9.06. The molecule has 0 spiro atoms. The third kappa shape index (κ3) is 1.83. The zero-order valence-electron chi connectivity index (χ0n) is 10.7. The normalized spacial score (nSPS) is 12.7. The van der Waals surface area contributed by atoms with Crippen molar-refractivity contribution in [3.8, 4) is 22.8 Å². The highest BCUT2D eigenvalue weighted by atomic mass is 16.7. The molecule has 1 aromatic carbocycles. The van der Waals surface area contributed by atoms with Crippen molar-refractivity contribution in [2.45, 2.75) is 13.8 Å². The number of hydrogen-bond donors (Lipinski definition) is 2. The maximum atomic E-state index is 11.3. The number of primary amides is 1. The Bertz CT molecular complexity index is 674. The van der Waals surface area contributed by atoms with E-state index in [0.29, 0.717) is 11.3 Å². The molecule has 0 fully saturated rings. The fourth-order valence-electron chi connectivity index (χ4n) is 2.29. The molecule has 5 nitrogen and oxygen atoms in total. The van der Waals surface area contributed by atoms with Crippen LogP contribution >= 0.6 is 0 Å². The molecule has 0 radical (unpaired) electrons. The van der Waals surface area contributed by atoms with Gasteiger partial charge < -0.3 is 20.2 Å². The van der Waals surface area contributed by atoms with E-state index >= 15 is 0 Å². The van der Waals surface area contributed by atoms with Crippen LogP contribution in [0.4, 0.5) is 0 Å². The number of fused-ring (bicyclic) bond motifs is 1. The summed E-state index contributed by atoms with van der Waals surface area (Å²) in [6.45, 7) is 4.05. The van der Waals surface area contributed by atoms with Crippen LogP contribution in [0.5, 0.6) is 11.5 Å². The van der Waals surface area contributed by atoms with Crippen LogP contribution in [0.1, 0.15) is 21.6 Å². The largest absolute Gasteiger partial charge is 0.454 e. The molecule has 0 atom stereocenters. The molecule has 2 aromatic rings. The SMILES string of the molecule is Cc1cc2c(cc1-c1cc(C(N)=O)c(C)[nH]1)OCO2. The minimum absolute atomic E-state index is 0.245. The summed E-state index contributed by atoms with van der Waals surface area (Å²) in [4.78, 5) is 14.5. The van der Waals surface area contributed by atoms with E-state index < -0.39 is 5.91 Å². The summed E-state index contributed by atoms with van der Waals surface area (Å²) in [7, 11) is 0. The lowest BCUT2D eigenvalue weighted by molar-refractivity contribution is 0.1000. The highest BCUT2D eigenvalue weighted by Gasteiger charge is 2.18. The first-order valence-electron chi connectivity index (χ1n) is 5.96. The summed E-state index contributed by atoms with van der Waals surface area (Å²) in [5.41, 5.74) is 9.46. The Balaban J connectivity index is 2.12. The van der Waals surface area contributed by atoms with E-state index in [1.807, 2.05) is 26.0 Å². The highest BCUT2D eigenvalue weighted by Crippen LogP contribution is 2.38. The van der Waals surface area contributed by atoms with Gasteiger partial charge in [0.25, 0.3) is 5.91 Å². The lowest BCUT2D eigenvalue weighted by Gasteiger charge is -2.05. The Kier molecular flexibility index (Phi) is 2.48. The second kappa shape index (κ2) is 4.05. The molecule has 1 aliphatic rings. The third-order valence-corrected chi connectivity index (χ3v) is 3.29. The fourth-order valence-corrected chi connectivity index (χ4v) is 2.29. The second-order valence-corrected chi connectivity index (χ2v) is 4.61. The quantitative estimate of drug-likeness (QED) is 0.866. The number of benzene rings is 1. The molecule has 0 aliphatic carbocycles. The highest BCUT2D eigenvalue weighted by molar-refractivity contribution is 5.95. The number of ether oxygens (including phenoxy) is 2. The lowest BCUT2D eigenvalue weighted by Crippen LogP contribution is -2.10. The molecule has 0 unspecified atom stereocenters. The number of carbonyl (C=O) groups is 1. The molecule has 3 rings (SSSR count). The van der Waals surface area contributed by atoms with Crippen LogP contribution in [0.25, 0.3) is 11.3 Å². The van der Waals surface area contributed by atoms with Crippen molar-refractivity contribution in [2.24, 2.45) is 5.73 Å². The first kappa shape index (κ1) is 11.6. The molecule has 1 aliphatic heterocycles. The Labute approximate surface area is 110 Å². The number of amides is 1. The lowest BCUT2D eigenvalue weighted by atomic mass is 10.0. The molecule has 98 valence electrons. The van der Waals surface area contributed by atoms with E-state index in [1.165, 1.54) is 0 Å². The van der Waals surface area contributed by atoms with Crippen LogP contribution in [-0.4, -0.2) is 17.7 Å². The molecular formula is C14H14N2O3. The molecule has 0 saturated carbocycles. The summed E-state index contributed by atoms with van der Waals surface area (Å²) in [5.74, 6) is 1.03. The van der Waals surface area contributed by atoms with Gasteiger partial charge in [-0.25, -0.2) is 0 Å². The van der Waals surface area contributed by atoms with E-state index in [0.717, 1.165) is 28.3 Å². The Morgan fingerprint density at radius 3 is 2.53 bits per heavy atom. The smallest absolute Gasteiger partial charge is 0.250 e. The standard InChI is InChI=1S/C14H14N2O3/c1-7-3-12-13(19-6-18-12)5-9(7)11-4-10(14(15)17)8(2)16-11/h3-5,16H,6H2,1-2H3,(H2,15,17). The van der Waals surface area contributed by atoms with Crippen LogP contribution in [0.2, 0.25) is 0 Å². The maximum Gasteiger partial charge on any atom is 0.250 e. The van der Waals surface area contributed by atoms with Crippen molar-refractivity contribution >= 4 is 5.91 Å². The van der Waals surface area contributed by atoms with E-state index in [4.69, 9.17) is 15.2 Å². The summed E-state index contributed by atoms with van der Waals surface area (Å²) < 4.78 is 10.7. The summed E-state index contributed by atoms with van der Waals surface area (Å²) in [5, 5.41) is 0. The predicted octanol–water partition coefficient (Wildman–Crippen LogP) is 2.13. The molecule has 5 heteroatoms. The van der Waals surface area contributed by atoms with E-state index in [2.05, 4.69) is 4.98 Å². The number of rotatable bonds is 2. The molecular weight excluding hydrogens is 244 g/mol. The van der Waals surface area contributed by atoms with Crippen molar-refractivity contribution in [1.29, 1.82) is 0 Å². The van der Waals surface area contributed by atoms with Crippen molar-refractivity contribution in [2.75, 3.05) is 6.79 Å². The van der Waals surface area contributed by atoms with Gasteiger partial charge in [-0.05, 0) is 37.6 Å². The van der Waals surface area contributed by atoms with E-state index in [1.54, 1.807) is 6.07 Å². The average Bonchev–Trinajstić information content (AvgIpc) is 2.93. The zero-order chi connectivity index (χ0) is 13.6. The van der Waals surface area contributed by atoms with Crippen molar-refractivity contribution in [1.82, 2.24) is 4.98 Å². The number of H-pyrrole nitrogens is 1.